The topological polar surface area (TPSA) is 64.1 Å². The Kier molecular flexibility index (Phi) is 5.22. The number of hydrogen-bond donors (Lipinski definition) is 1. The van der Waals surface area contributed by atoms with Crippen LogP contribution in [-0.2, 0) is 6.42 Å². The van der Waals surface area contributed by atoms with E-state index >= 15 is 0 Å². The summed E-state index contributed by atoms with van der Waals surface area (Å²) in [5.74, 6) is 0.607. The van der Waals surface area contributed by atoms with Crippen molar-refractivity contribution in [2.24, 2.45) is 0 Å². The van der Waals surface area contributed by atoms with Gasteiger partial charge in [-0.2, -0.15) is 0 Å². The second kappa shape index (κ2) is 7.55. The first-order chi connectivity index (χ1) is 11.7. The largest absolute Gasteiger partial charge is 0.496 e. The SMILES string of the molecule is COc1ccccc1Cc1nnc(NC(=O)c2ccc(Br)cc2)s1. The molecule has 0 aliphatic rings. The summed E-state index contributed by atoms with van der Waals surface area (Å²) in [6.45, 7) is 0. The summed E-state index contributed by atoms with van der Waals surface area (Å²) < 4.78 is 6.26. The first kappa shape index (κ1) is 16.6. The van der Waals surface area contributed by atoms with Gasteiger partial charge in [0.15, 0.2) is 0 Å². The third-order valence-electron chi connectivity index (χ3n) is 3.33. The number of nitrogens with zero attached hydrogens (tertiary/aromatic N) is 2. The molecule has 0 unspecified atom stereocenters. The minimum absolute atomic E-state index is 0.206. The number of hydrogen-bond acceptors (Lipinski definition) is 5. The van der Waals surface area contributed by atoms with Gasteiger partial charge in [-0.05, 0) is 30.3 Å². The van der Waals surface area contributed by atoms with Gasteiger partial charge in [0.25, 0.3) is 5.91 Å². The Balaban J connectivity index is 1.69. The Morgan fingerprint density at radius 3 is 2.67 bits per heavy atom. The number of anilines is 1. The minimum atomic E-state index is -0.206. The molecular weight excluding hydrogens is 390 g/mol. The summed E-state index contributed by atoms with van der Waals surface area (Å²) in [6.07, 6.45) is 0.607. The molecule has 0 atom stereocenters. The van der Waals surface area contributed by atoms with Crippen LogP contribution < -0.4 is 10.1 Å². The van der Waals surface area contributed by atoms with E-state index in [1.54, 1.807) is 19.2 Å². The van der Waals surface area contributed by atoms with Crippen molar-refractivity contribution in [1.29, 1.82) is 0 Å². The van der Waals surface area contributed by atoms with E-state index in [1.165, 1.54) is 11.3 Å². The van der Waals surface area contributed by atoms with E-state index in [4.69, 9.17) is 4.74 Å². The number of para-hydroxylation sites is 1. The maximum absolute atomic E-state index is 12.2. The average Bonchev–Trinajstić information content (AvgIpc) is 3.03. The van der Waals surface area contributed by atoms with Gasteiger partial charge in [-0.3, -0.25) is 10.1 Å². The van der Waals surface area contributed by atoms with Crippen LogP contribution in [0, 0.1) is 0 Å². The maximum Gasteiger partial charge on any atom is 0.257 e. The van der Waals surface area contributed by atoms with Crippen LogP contribution in [0.25, 0.3) is 0 Å². The Labute approximate surface area is 151 Å². The lowest BCUT2D eigenvalue weighted by Gasteiger charge is -2.05. The summed E-state index contributed by atoms with van der Waals surface area (Å²) in [5.41, 5.74) is 1.60. The fourth-order valence-electron chi connectivity index (χ4n) is 2.16. The summed E-state index contributed by atoms with van der Waals surface area (Å²) >= 11 is 4.70. The van der Waals surface area contributed by atoms with Crippen LogP contribution >= 0.6 is 27.3 Å². The fourth-order valence-corrected chi connectivity index (χ4v) is 3.18. The van der Waals surface area contributed by atoms with E-state index in [2.05, 4.69) is 31.4 Å². The molecule has 7 heteroatoms. The van der Waals surface area contributed by atoms with Crippen molar-refractivity contribution in [2.45, 2.75) is 6.42 Å². The average molecular weight is 404 g/mol. The van der Waals surface area contributed by atoms with Crippen LogP contribution in [0.5, 0.6) is 5.75 Å². The van der Waals surface area contributed by atoms with Crippen molar-refractivity contribution in [3.8, 4) is 5.75 Å². The molecule has 0 fully saturated rings. The zero-order valence-corrected chi connectivity index (χ0v) is 15.2. The third-order valence-corrected chi connectivity index (χ3v) is 4.70. The van der Waals surface area contributed by atoms with Crippen molar-refractivity contribution in [2.75, 3.05) is 12.4 Å². The molecule has 0 saturated carbocycles. The number of halogens is 1. The van der Waals surface area contributed by atoms with E-state index < -0.39 is 0 Å². The number of methoxy groups -OCH3 is 1. The van der Waals surface area contributed by atoms with Crippen molar-refractivity contribution in [3.05, 3.63) is 69.1 Å². The van der Waals surface area contributed by atoms with Crippen molar-refractivity contribution < 1.29 is 9.53 Å². The molecule has 1 N–H and O–H groups in total. The maximum atomic E-state index is 12.2. The molecule has 1 amide bonds. The van der Waals surface area contributed by atoms with Gasteiger partial charge in [0.2, 0.25) is 5.13 Å². The molecule has 24 heavy (non-hydrogen) atoms. The lowest BCUT2D eigenvalue weighted by atomic mass is 10.1. The molecule has 1 aromatic heterocycles. The predicted octanol–water partition coefficient (Wildman–Crippen LogP) is 4.15. The molecular formula is C17H14BrN3O2S. The lowest BCUT2D eigenvalue weighted by molar-refractivity contribution is 0.102. The minimum Gasteiger partial charge on any atom is -0.496 e. The smallest absolute Gasteiger partial charge is 0.257 e. The number of amides is 1. The highest BCUT2D eigenvalue weighted by atomic mass is 79.9. The highest BCUT2D eigenvalue weighted by molar-refractivity contribution is 9.10. The number of carbonyl (C=O) groups is 1. The van der Waals surface area contributed by atoms with E-state index in [-0.39, 0.29) is 5.91 Å². The van der Waals surface area contributed by atoms with Crippen LogP contribution in [0.3, 0.4) is 0 Å². The van der Waals surface area contributed by atoms with Crippen molar-refractivity contribution in [3.63, 3.8) is 0 Å². The van der Waals surface area contributed by atoms with Gasteiger partial charge in [0.1, 0.15) is 10.8 Å². The predicted molar refractivity (Wildman–Crippen MR) is 97.8 cm³/mol. The van der Waals surface area contributed by atoms with Crippen LogP contribution in [0.15, 0.2) is 53.0 Å². The number of carbonyl (C=O) groups excluding carboxylic acids is 1. The van der Waals surface area contributed by atoms with E-state index in [9.17, 15) is 4.79 Å². The summed E-state index contributed by atoms with van der Waals surface area (Å²) in [7, 11) is 1.64. The van der Waals surface area contributed by atoms with Gasteiger partial charge in [-0.25, -0.2) is 0 Å². The van der Waals surface area contributed by atoms with Gasteiger partial charge >= 0.3 is 0 Å². The van der Waals surface area contributed by atoms with Crippen molar-refractivity contribution in [1.82, 2.24) is 10.2 Å². The highest BCUT2D eigenvalue weighted by Gasteiger charge is 2.12. The normalized spacial score (nSPS) is 10.4. The molecule has 5 nitrogen and oxygen atoms in total. The Morgan fingerprint density at radius 2 is 1.92 bits per heavy atom. The molecule has 2 aromatic carbocycles. The van der Waals surface area contributed by atoms with Gasteiger partial charge in [0.05, 0.1) is 7.11 Å². The van der Waals surface area contributed by atoms with Crippen LogP contribution in [0.4, 0.5) is 5.13 Å². The summed E-state index contributed by atoms with van der Waals surface area (Å²) in [5, 5.41) is 12.2. The van der Waals surface area contributed by atoms with E-state index in [1.807, 2.05) is 36.4 Å². The molecule has 0 saturated heterocycles. The van der Waals surface area contributed by atoms with Crippen molar-refractivity contribution >= 4 is 38.3 Å². The number of aromatic nitrogens is 2. The van der Waals surface area contributed by atoms with Gasteiger partial charge in [-0.15, -0.1) is 10.2 Å². The Morgan fingerprint density at radius 1 is 1.17 bits per heavy atom. The van der Waals surface area contributed by atoms with Crippen LogP contribution in [0.1, 0.15) is 20.9 Å². The molecule has 1 heterocycles. The number of nitrogens with one attached hydrogen (secondary N) is 1. The second-order valence-electron chi connectivity index (χ2n) is 4.95. The molecule has 0 aliphatic carbocycles. The third kappa shape index (κ3) is 3.98. The first-order valence-corrected chi connectivity index (χ1v) is 8.78. The van der Waals surface area contributed by atoms with Crippen LogP contribution in [0.2, 0.25) is 0 Å². The molecule has 3 aromatic rings. The molecule has 0 spiro atoms. The van der Waals surface area contributed by atoms with Gasteiger partial charge < -0.3 is 4.74 Å². The van der Waals surface area contributed by atoms with Gasteiger partial charge in [-0.1, -0.05) is 45.5 Å². The molecule has 122 valence electrons. The zero-order valence-electron chi connectivity index (χ0n) is 12.8. The van der Waals surface area contributed by atoms with Crippen LogP contribution in [-0.4, -0.2) is 23.2 Å². The molecule has 0 aliphatic heterocycles. The standard InChI is InChI=1S/C17H14BrN3O2S/c1-23-14-5-3-2-4-12(14)10-15-20-21-17(24-15)19-16(22)11-6-8-13(18)9-7-11/h2-9H,10H2,1H3,(H,19,21,22). The summed E-state index contributed by atoms with van der Waals surface area (Å²) in [4.78, 5) is 12.2. The Hall–Kier alpha value is -2.25. The molecule has 3 rings (SSSR count). The first-order valence-electron chi connectivity index (χ1n) is 7.17. The monoisotopic (exact) mass is 403 g/mol. The lowest BCUT2D eigenvalue weighted by Crippen LogP contribution is -2.11. The van der Waals surface area contributed by atoms with Gasteiger partial charge in [0, 0.05) is 22.0 Å². The Bertz CT molecular complexity index is 849. The fraction of sp³-hybridized carbons (Fsp3) is 0.118. The highest BCUT2D eigenvalue weighted by Crippen LogP contribution is 2.24. The van der Waals surface area contributed by atoms with E-state index in [0.29, 0.717) is 17.1 Å². The second-order valence-corrected chi connectivity index (χ2v) is 6.93. The number of ether oxygens (including phenoxy) is 1. The number of rotatable bonds is 5. The molecule has 0 radical (unpaired) electrons. The zero-order chi connectivity index (χ0) is 16.9. The van der Waals surface area contributed by atoms with E-state index in [0.717, 1.165) is 20.8 Å². The molecule has 0 bridgehead atoms. The quantitative estimate of drug-likeness (QED) is 0.694. The summed E-state index contributed by atoms with van der Waals surface area (Å²) in [6, 6.07) is 14.9. The number of benzene rings is 2.